The number of hydrogen-bond donors (Lipinski definition) is 0. The van der Waals surface area contributed by atoms with Gasteiger partial charge in [-0.15, -0.1) is 0 Å². The molecule has 2 heteroatoms. The lowest BCUT2D eigenvalue weighted by molar-refractivity contribution is -0.127. The number of carbonyl (C=O) groups is 1. The third-order valence-corrected chi connectivity index (χ3v) is 5.23. The van der Waals surface area contributed by atoms with Gasteiger partial charge in [0.05, 0.1) is 4.32 Å². The lowest BCUT2D eigenvalue weighted by Crippen LogP contribution is -2.50. The molecule has 1 aliphatic carbocycles. The molecule has 2 unspecified atom stereocenters. The predicted molar refractivity (Wildman–Crippen MR) is 54.5 cm³/mol. The van der Waals surface area contributed by atoms with Gasteiger partial charge in [-0.2, -0.15) is 0 Å². The molecule has 0 aromatic heterocycles. The van der Waals surface area contributed by atoms with E-state index < -0.39 is 0 Å². The molecule has 0 aliphatic heterocycles. The first kappa shape index (κ1) is 10.2. The van der Waals surface area contributed by atoms with Crippen LogP contribution in [0.5, 0.6) is 0 Å². The van der Waals surface area contributed by atoms with Crippen molar-refractivity contribution >= 4 is 21.7 Å². The number of rotatable bonds is 0. The van der Waals surface area contributed by atoms with Crippen LogP contribution in [-0.2, 0) is 4.79 Å². The highest BCUT2D eigenvalue weighted by Crippen LogP contribution is 2.50. The van der Waals surface area contributed by atoms with Crippen molar-refractivity contribution in [1.29, 1.82) is 0 Å². The van der Waals surface area contributed by atoms with E-state index in [1.54, 1.807) is 0 Å². The van der Waals surface area contributed by atoms with Gasteiger partial charge in [-0.3, -0.25) is 4.79 Å². The van der Waals surface area contributed by atoms with Crippen LogP contribution in [0.4, 0.5) is 0 Å². The Kier molecular flexibility index (Phi) is 2.41. The van der Waals surface area contributed by atoms with Crippen LogP contribution in [0.1, 0.15) is 40.5 Å². The molecule has 0 spiro atoms. The SMILES string of the molecule is CC1CCC(=O)C(C)(Br)C1(C)C. The Balaban J connectivity index is 3.00. The van der Waals surface area contributed by atoms with E-state index in [0.717, 1.165) is 12.8 Å². The van der Waals surface area contributed by atoms with E-state index in [1.165, 1.54) is 0 Å². The Bertz CT molecular complexity index is 206. The maximum atomic E-state index is 11.6. The van der Waals surface area contributed by atoms with Crippen LogP contribution in [-0.4, -0.2) is 10.1 Å². The Morgan fingerprint density at radius 3 is 2.33 bits per heavy atom. The molecule has 0 saturated heterocycles. The molecule has 1 aliphatic rings. The zero-order chi connectivity index (χ0) is 9.57. The van der Waals surface area contributed by atoms with Crippen molar-refractivity contribution < 1.29 is 4.79 Å². The Morgan fingerprint density at radius 2 is 1.92 bits per heavy atom. The summed E-state index contributed by atoms with van der Waals surface area (Å²) in [5.41, 5.74) is 0.0718. The summed E-state index contributed by atoms with van der Waals surface area (Å²) in [7, 11) is 0. The largest absolute Gasteiger partial charge is 0.298 e. The van der Waals surface area contributed by atoms with E-state index in [0.29, 0.717) is 11.7 Å². The van der Waals surface area contributed by atoms with Crippen LogP contribution in [0.2, 0.25) is 0 Å². The van der Waals surface area contributed by atoms with Gasteiger partial charge in [0, 0.05) is 6.42 Å². The van der Waals surface area contributed by atoms with E-state index in [2.05, 4.69) is 36.7 Å². The fourth-order valence-corrected chi connectivity index (χ4v) is 2.35. The number of alkyl halides is 1. The van der Waals surface area contributed by atoms with Crippen molar-refractivity contribution in [3.63, 3.8) is 0 Å². The molecule has 1 fully saturated rings. The third-order valence-electron chi connectivity index (χ3n) is 3.77. The van der Waals surface area contributed by atoms with Crippen LogP contribution >= 0.6 is 15.9 Å². The molecular formula is C10H17BrO. The summed E-state index contributed by atoms with van der Waals surface area (Å²) in [6.07, 6.45) is 1.76. The van der Waals surface area contributed by atoms with E-state index >= 15 is 0 Å². The van der Waals surface area contributed by atoms with Gasteiger partial charge >= 0.3 is 0 Å². The molecule has 0 bridgehead atoms. The monoisotopic (exact) mass is 232 g/mol. The minimum absolute atomic E-state index is 0.0718. The Morgan fingerprint density at radius 1 is 1.42 bits per heavy atom. The maximum absolute atomic E-state index is 11.6. The van der Waals surface area contributed by atoms with E-state index in [1.807, 2.05) is 6.92 Å². The zero-order valence-corrected chi connectivity index (χ0v) is 9.86. The number of carbonyl (C=O) groups excluding carboxylic acids is 1. The van der Waals surface area contributed by atoms with Crippen LogP contribution in [0.15, 0.2) is 0 Å². The smallest absolute Gasteiger partial charge is 0.149 e. The van der Waals surface area contributed by atoms with Crippen LogP contribution in [0, 0.1) is 11.3 Å². The second kappa shape index (κ2) is 2.83. The van der Waals surface area contributed by atoms with E-state index in [9.17, 15) is 4.79 Å². The molecule has 0 aromatic carbocycles. The van der Waals surface area contributed by atoms with Crippen molar-refractivity contribution in [2.75, 3.05) is 0 Å². The summed E-state index contributed by atoms with van der Waals surface area (Å²) in [4.78, 5) is 11.6. The normalized spacial score (nSPS) is 41.4. The maximum Gasteiger partial charge on any atom is 0.149 e. The molecule has 0 aromatic rings. The molecule has 2 atom stereocenters. The second-order valence-corrected chi connectivity index (χ2v) is 6.17. The van der Waals surface area contributed by atoms with Crippen molar-refractivity contribution in [2.24, 2.45) is 11.3 Å². The molecule has 0 radical (unpaired) electrons. The first-order valence-corrected chi connectivity index (χ1v) is 5.31. The van der Waals surface area contributed by atoms with Gasteiger partial charge < -0.3 is 0 Å². The number of ketones is 1. The standard InChI is InChI=1S/C10H17BrO/c1-7-5-6-8(12)10(4,11)9(7,2)3/h7H,5-6H2,1-4H3. The minimum Gasteiger partial charge on any atom is -0.298 e. The van der Waals surface area contributed by atoms with Crippen molar-refractivity contribution in [1.82, 2.24) is 0 Å². The van der Waals surface area contributed by atoms with Crippen LogP contribution < -0.4 is 0 Å². The summed E-state index contributed by atoms with van der Waals surface area (Å²) in [6, 6.07) is 0. The van der Waals surface area contributed by atoms with Gasteiger partial charge in [0.2, 0.25) is 0 Å². The predicted octanol–water partition coefficient (Wildman–Crippen LogP) is 3.17. The highest BCUT2D eigenvalue weighted by Gasteiger charge is 2.50. The fourth-order valence-electron chi connectivity index (χ4n) is 1.77. The van der Waals surface area contributed by atoms with Gasteiger partial charge in [-0.05, 0) is 24.7 Å². The zero-order valence-electron chi connectivity index (χ0n) is 8.28. The van der Waals surface area contributed by atoms with Gasteiger partial charge in [-0.25, -0.2) is 0 Å². The quantitative estimate of drug-likeness (QED) is 0.587. The van der Waals surface area contributed by atoms with E-state index in [4.69, 9.17) is 0 Å². The van der Waals surface area contributed by atoms with Crippen molar-refractivity contribution in [3.8, 4) is 0 Å². The molecule has 0 amide bonds. The third kappa shape index (κ3) is 1.24. The molecule has 12 heavy (non-hydrogen) atoms. The van der Waals surface area contributed by atoms with Gasteiger partial charge in [0.1, 0.15) is 5.78 Å². The summed E-state index contributed by atoms with van der Waals surface area (Å²) >= 11 is 3.57. The molecule has 0 N–H and O–H groups in total. The van der Waals surface area contributed by atoms with Crippen molar-refractivity contribution in [2.45, 2.75) is 44.9 Å². The second-order valence-electron chi connectivity index (χ2n) is 4.59. The molecular weight excluding hydrogens is 216 g/mol. The van der Waals surface area contributed by atoms with Crippen LogP contribution in [0.25, 0.3) is 0 Å². The summed E-state index contributed by atoms with van der Waals surface area (Å²) in [6.45, 7) is 8.57. The van der Waals surface area contributed by atoms with Gasteiger partial charge in [0.15, 0.2) is 0 Å². The van der Waals surface area contributed by atoms with Gasteiger partial charge in [-0.1, -0.05) is 36.7 Å². The lowest BCUT2D eigenvalue weighted by Gasteiger charge is -2.47. The fraction of sp³-hybridized carbons (Fsp3) is 0.900. The molecule has 1 saturated carbocycles. The Hall–Kier alpha value is 0.150. The Labute approximate surface area is 83.0 Å². The minimum atomic E-state index is -0.322. The highest BCUT2D eigenvalue weighted by molar-refractivity contribution is 9.10. The number of halogens is 1. The number of Topliss-reactive ketones (excluding diaryl/α,β-unsaturated/α-hetero) is 1. The molecule has 70 valence electrons. The average molecular weight is 233 g/mol. The van der Waals surface area contributed by atoms with Crippen molar-refractivity contribution in [3.05, 3.63) is 0 Å². The molecule has 0 heterocycles. The molecule has 1 rings (SSSR count). The summed E-state index contributed by atoms with van der Waals surface area (Å²) in [5, 5.41) is 0. The summed E-state index contributed by atoms with van der Waals surface area (Å²) < 4.78 is -0.322. The number of hydrogen-bond acceptors (Lipinski definition) is 1. The average Bonchev–Trinajstić information content (AvgIpc) is 1.96. The summed E-state index contributed by atoms with van der Waals surface area (Å²) in [5.74, 6) is 0.963. The lowest BCUT2D eigenvalue weighted by atomic mass is 9.63. The first-order valence-electron chi connectivity index (χ1n) is 4.52. The first-order chi connectivity index (χ1) is 5.30. The highest BCUT2D eigenvalue weighted by atomic mass is 79.9. The van der Waals surface area contributed by atoms with Gasteiger partial charge in [0.25, 0.3) is 0 Å². The topological polar surface area (TPSA) is 17.1 Å². The van der Waals surface area contributed by atoms with E-state index in [-0.39, 0.29) is 9.74 Å². The van der Waals surface area contributed by atoms with Crippen LogP contribution in [0.3, 0.4) is 0 Å². The molecule has 1 nitrogen and oxygen atoms in total.